The molecule has 0 saturated heterocycles. The maximum atomic E-state index is 14.1. The van der Waals surface area contributed by atoms with Gasteiger partial charge in [-0.3, -0.25) is 9.48 Å². The van der Waals surface area contributed by atoms with E-state index in [2.05, 4.69) is 22.5 Å². The fraction of sp³-hybridized carbons (Fsp3) is 0.273. The molecule has 6 heteroatoms. The third-order valence-corrected chi connectivity index (χ3v) is 5.71. The SMILES string of the molecule is Cc1nn(Cc2c(F)cccc2Cl)c(C)c1NC(=O)C1CC1c1ccccc1. The van der Waals surface area contributed by atoms with Gasteiger partial charge in [0.15, 0.2) is 0 Å². The number of carbonyl (C=O) groups excluding carboxylic acids is 1. The number of halogens is 2. The molecule has 2 aromatic carbocycles. The predicted molar refractivity (Wildman–Crippen MR) is 108 cm³/mol. The first-order valence-electron chi connectivity index (χ1n) is 9.28. The number of benzene rings is 2. The van der Waals surface area contributed by atoms with Crippen molar-refractivity contribution in [1.82, 2.24) is 9.78 Å². The Morgan fingerprint density at radius 1 is 1.21 bits per heavy atom. The minimum absolute atomic E-state index is 0.00327. The molecular weight excluding hydrogens is 377 g/mol. The van der Waals surface area contributed by atoms with Crippen LogP contribution in [-0.2, 0) is 11.3 Å². The van der Waals surface area contributed by atoms with Crippen molar-refractivity contribution >= 4 is 23.2 Å². The van der Waals surface area contributed by atoms with Crippen molar-refractivity contribution in [1.29, 1.82) is 0 Å². The van der Waals surface area contributed by atoms with E-state index >= 15 is 0 Å². The van der Waals surface area contributed by atoms with E-state index in [1.54, 1.807) is 16.8 Å². The van der Waals surface area contributed by atoms with Gasteiger partial charge in [0, 0.05) is 16.5 Å². The smallest absolute Gasteiger partial charge is 0.228 e. The largest absolute Gasteiger partial charge is 0.323 e. The number of amides is 1. The van der Waals surface area contributed by atoms with Crippen LogP contribution in [0, 0.1) is 25.6 Å². The van der Waals surface area contributed by atoms with Gasteiger partial charge in [-0.15, -0.1) is 0 Å². The summed E-state index contributed by atoms with van der Waals surface area (Å²) < 4.78 is 15.8. The van der Waals surface area contributed by atoms with Crippen LogP contribution in [0.2, 0.25) is 5.02 Å². The van der Waals surface area contributed by atoms with Gasteiger partial charge in [-0.1, -0.05) is 48.0 Å². The van der Waals surface area contributed by atoms with Gasteiger partial charge < -0.3 is 5.32 Å². The highest BCUT2D eigenvalue weighted by molar-refractivity contribution is 6.31. The second-order valence-corrected chi connectivity index (χ2v) is 7.66. The van der Waals surface area contributed by atoms with E-state index in [1.807, 2.05) is 32.0 Å². The standard InChI is InChI=1S/C22H21ClFN3O/c1-13-21(25-22(28)17-11-16(17)15-7-4-3-5-8-15)14(2)27(26-13)12-18-19(23)9-6-10-20(18)24/h3-10,16-17H,11-12H2,1-2H3,(H,25,28). The number of hydrogen-bond acceptors (Lipinski definition) is 2. The molecule has 4 nitrogen and oxygen atoms in total. The molecule has 1 aliphatic carbocycles. The number of aromatic nitrogens is 2. The molecule has 1 heterocycles. The zero-order valence-corrected chi connectivity index (χ0v) is 16.5. The van der Waals surface area contributed by atoms with E-state index in [0.29, 0.717) is 22.0 Å². The Hall–Kier alpha value is -2.66. The molecule has 2 atom stereocenters. The van der Waals surface area contributed by atoms with Gasteiger partial charge in [-0.05, 0) is 43.9 Å². The van der Waals surface area contributed by atoms with Crippen LogP contribution in [-0.4, -0.2) is 15.7 Å². The first-order chi connectivity index (χ1) is 13.5. The van der Waals surface area contributed by atoms with Gasteiger partial charge in [0.05, 0.1) is 23.6 Å². The minimum Gasteiger partial charge on any atom is -0.323 e. The van der Waals surface area contributed by atoms with Crippen LogP contribution in [0.5, 0.6) is 0 Å². The molecule has 1 fully saturated rings. The summed E-state index contributed by atoms with van der Waals surface area (Å²) in [4.78, 5) is 12.7. The molecule has 3 aromatic rings. The van der Waals surface area contributed by atoms with Crippen LogP contribution in [0.1, 0.15) is 34.9 Å². The summed E-state index contributed by atoms with van der Waals surface area (Å²) in [7, 11) is 0. The lowest BCUT2D eigenvalue weighted by molar-refractivity contribution is -0.117. The van der Waals surface area contributed by atoms with Gasteiger partial charge in [0.2, 0.25) is 5.91 Å². The second-order valence-electron chi connectivity index (χ2n) is 7.25. The van der Waals surface area contributed by atoms with Crippen molar-refractivity contribution in [2.24, 2.45) is 5.92 Å². The van der Waals surface area contributed by atoms with E-state index in [-0.39, 0.29) is 30.1 Å². The van der Waals surface area contributed by atoms with E-state index in [9.17, 15) is 9.18 Å². The van der Waals surface area contributed by atoms with Gasteiger partial charge in [0.25, 0.3) is 0 Å². The van der Waals surface area contributed by atoms with Crippen molar-refractivity contribution in [3.8, 4) is 0 Å². The third kappa shape index (κ3) is 3.54. The summed E-state index contributed by atoms with van der Waals surface area (Å²) in [5.74, 6) is -0.113. The van der Waals surface area contributed by atoms with Crippen molar-refractivity contribution in [2.45, 2.75) is 32.7 Å². The van der Waals surface area contributed by atoms with Crippen LogP contribution in [0.25, 0.3) is 0 Å². The Bertz CT molecular complexity index is 1010. The zero-order valence-electron chi connectivity index (χ0n) is 15.7. The third-order valence-electron chi connectivity index (χ3n) is 5.35. The average molecular weight is 398 g/mol. The molecular formula is C22H21ClFN3O. The molecule has 0 radical (unpaired) electrons. The summed E-state index contributed by atoms with van der Waals surface area (Å²) in [5.41, 5.74) is 3.76. The molecule has 1 amide bonds. The second kappa shape index (κ2) is 7.40. The Kier molecular flexibility index (Phi) is 4.94. The molecule has 4 rings (SSSR count). The van der Waals surface area contributed by atoms with E-state index in [4.69, 9.17) is 11.6 Å². The summed E-state index contributed by atoms with van der Waals surface area (Å²) in [6.45, 7) is 3.92. The maximum Gasteiger partial charge on any atom is 0.228 e. The van der Waals surface area contributed by atoms with Crippen molar-refractivity contribution in [3.63, 3.8) is 0 Å². The van der Waals surface area contributed by atoms with Crippen molar-refractivity contribution in [3.05, 3.63) is 81.9 Å². The number of nitrogens with one attached hydrogen (secondary N) is 1. The number of rotatable bonds is 5. The molecule has 0 bridgehead atoms. The highest BCUT2D eigenvalue weighted by Crippen LogP contribution is 2.48. The lowest BCUT2D eigenvalue weighted by Crippen LogP contribution is -2.16. The number of aryl methyl sites for hydroxylation is 1. The van der Waals surface area contributed by atoms with Crippen molar-refractivity contribution in [2.75, 3.05) is 5.32 Å². The Morgan fingerprint density at radius 3 is 2.68 bits per heavy atom. The van der Waals surface area contributed by atoms with Gasteiger partial charge in [-0.2, -0.15) is 5.10 Å². The lowest BCUT2D eigenvalue weighted by Gasteiger charge is -2.09. The van der Waals surface area contributed by atoms with Crippen LogP contribution in [0.3, 0.4) is 0 Å². The number of anilines is 1. The first kappa shape index (κ1) is 18.7. The molecule has 2 unspecified atom stereocenters. The minimum atomic E-state index is -0.366. The molecule has 1 aromatic heterocycles. The normalized spacial score (nSPS) is 18.1. The van der Waals surface area contributed by atoms with Gasteiger partial charge >= 0.3 is 0 Å². The van der Waals surface area contributed by atoms with E-state index in [1.165, 1.54) is 11.6 Å². The van der Waals surface area contributed by atoms with Crippen LogP contribution >= 0.6 is 11.6 Å². The summed E-state index contributed by atoms with van der Waals surface area (Å²) in [5, 5.41) is 7.86. The zero-order chi connectivity index (χ0) is 19.8. The highest BCUT2D eigenvalue weighted by atomic mass is 35.5. The first-order valence-corrected chi connectivity index (χ1v) is 9.66. The maximum absolute atomic E-state index is 14.1. The summed E-state index contributed by atoms with van der Waals surface area (Å²) >= 11 is 6.14. The van der Waals surface area contributed by atoms with Gasteiger partial charge in [0.1, 0.15) is 5.82 Å². The van der Waals surface area contributed by atoms with E-state index < -0.39 is 0 Å². The van der Waals surface area contributed by atoms with Crippen LogP contribution in [0.4, 0.5) is 10.1 Å². The van der Waals surface area contributed by atoms with Crippen molar-refractivity contribution < 1.29 is 9.18 Å². The summed E-state index contributed by atoms with van der Waals surface area (Å²) in [6.07, 6.45) is 0.854. The highest BCUT2D eigenvalue weighted by Gasteiger charge is 2.44. The van der Waals surface area contributed by atoms with Crippen LogP contribution < -0.4 is 5.32 Å². The van der Waals surface area contributed by atoms with Crippen LogP contribution in [0.15, 0.2) is 48.5 Å². The summed E-state index contributed by atoms with van der Waals surface area (Å²) in [6, 6.07) is 14.7. The molecule has 1 aliphatic rings. The lowest BCUT2D eigenvalue weighted by atomic mass is 10.1. The number of hydrogen-bond donors (Lipinski definition) is 1. The molecule has 28 heavy (non-hydrogen) atoms. The quantitative estimate of drug-likeness (QED) is 0.652. The Labute approximate surface area is 168 Å². The van der Waals surface area contributed by atoms with E-state index in [0.717, 1.165) is 12.1 Å². The predicted octanol–water partition coefficient (Wildman–Crippen LogP) is 5.08. The number of carbonyl (C=O) groups is 1. The topological polar surface area (TPSA) is 46.9 Å². The van der Waals surface area contributed by atoms with Gasteiger partial charge in [-0.25, -0.2) is 4.39 Å². The number of nitrogens with zero attached hydrogens (tertiary/aromatic N) is 2. The monoisotopic (exact) mass is 397 g/mol. The Morgan fingerprint density at radius 2 is 1.96 bits per heavy atom. The Balaban J connectivity index is 1.50. The average Bonchev–Trinajstić information content (AvgIpc) is 3.44. The molecule has 0 spiro atoms. The molecule has 0 aliphatic heterocycles. The molecule has 1 saturated carbocycles. The fourth-order valence-electron chi connectivity index (χ4n) is 3.63. The molecule has 1 N–H and O–H groups in total. The fourth-order valence-corrected chi connectivity index (χ4v) is 3.86. The molecule has 144 valence electrons.